The molecule has 0 saturated heterocycles. The summed E-state index contributed by atoms with van der Waals surface area (Å²) in [4.78, 5) is 97.6. The Balaban J connectivity index is 1.60. The molecule has 6 N–H and O–H groups in total. The van der Waals surface area contributed by atoms with Gasteiger partial charge in [0.05, 0.1) is 32.1 Å². The maximum atomic E-state index is 15.2. The zero-order valence-electron chi connectivity index (χ0n) is 48.8. The van der Waals surface area contributed by atoms with Gasteiger partial charge in [0.1, 0.15) is 59.6 Å². The van der Waals surface area contributed by atoms with Gasteiger partial charge in [0.2, 0.25) is 17.7 Å². The molecule has 1 heterocycles. The minimum Gasteiger partial charge on any atom is -0.491 e. The summed E-state index contributed by atoms with van der Waals surface area (Å²) in [6, 6.07) is 22.3. The highest BCUT2D eigenvalue weighted by atomic mass is 16.6. The Morgan fingerprint density at radius 3 is 1.74 bits per heavy atom. The number of hydrogen-bond donors (Lipinski definition) is 6. The van der Waals surface area contributed by atoms with Gasteiger partial charge in [-0.2, -0.15) is 5.26 Å². The Bertz CT molecular complexity index is 2880. The third-order valence-corrected chi connectivity index (χ3v) is 12.3. The van der Waals surface area contributed by atoms with E-state index < -0.39 is 89.4 Å². The second-order valence-corrected chi connectivity index (χ2v) is 22.8. The summed E-state index contributed by atoms with van der Waals surface area (Å²) in [6.07, 6.45) is 1.07. The number of nitrogens with one attached hydrogen (secondary N) is 6. The molecule has 5 rings (SSSR count). The molecular weight excluding hydrogens is 1040 g/mol. The van der Waals surface area contributed by atoms with Crippen LogP contribution in [0.5, 0.6) is 11.5 Å². The summed E-state index contributed by atoms with van der Waals surface area (Å²) in [5.74, 6) is -2.31. The van der Waals surface area contributed by atoms with E-state index in [9.17, 15) is 34.0 Å². The van der Waals surface area contributed by atoms with Crippen LogP contribution >= 0.6 is 0 Å². The highest BCUT2D eigenvalue weighted by molar-refractivity contribution is 5.99. The lowest BCUT2D eigenvalue weighted by molar-refractivity contribution is -0.141. The van der Waals surface area contributed by atoms with Crippen LogP contribution in [0.2, 0.25) is 0 Å². The topological polar surface area (TPSA) is 265 Å². The van der Waals surface area contributed by atoms with E-state index in [1.165, 1.54) is 19.5 Å². The fraction of sp³-hybridized carbons (Fsp3) is 0.475. The van der Waals surface area contributed by atoms with Crippen LogP contribution in [0.15, 0.2) is 84.9 Å². The molecule has 0 radical (unpaired) electrons. The quantitative estimate of drug-likeness (QED) is 0.0381. The Morgan fingerprint density at radius 1 is 0.691 bits per heavy atom. The molecule has 4 atom stereocenters. The lowest BCUT2D eigenvalue weighted by Crippen LogP contribution is -2.56. The number of carbonyl (C=O) groups is 7. The summed E-state index contributed by atoms with van der Waals surface area (Å²) < 4.78 is 29.0. The minimum atomic E-state index is -1.54. The van der Waals surface area contributed by atoms with Gasteiger partial charge in [-0.25, -0.2) is 14.4 Å². The van der Waals surface area contributed by atoms with E-state index in [0.717, 1.165) is 35.3 Å². The average molecular weight is 1120 g/mol. The lowest BCUT2D eigenvalue weighted by Gasteiger charge is -2.33. The monoisotopic (exact) mass is 1120 g/mol. The van der Waals surface area contributed by atoms with Crippen molar-refractivity contribution >= 4 is 41.9 Å². The first-order valence-corrected chi connectivity index (χ1v) is 27.3. The number of benzene rings is 4. The number of alkyl carbamates (subject to hydrolysis) is 3. The van der Waals surface area contributed by atoms with Crippen LogP contribution in [-0.2, 0) is 41.4 Å². The van der Waals surface area contributed by atoms with Crippen molar-refractivity contribution in [2.24, 2.45) is 0 Å². The Kier molecular flexibility index (Phi) is 22.5. The van der Waals surface area contributed by atoms with Gasteiger partial charge in [-0.1, -0.05) is 61.9 Å². The maximum Gasteiger partial charge on any atom is 0.407 e. The summed E-state index contributed by atoms with van der Waals surface area (Å²) in [7, 11) is 1.36. The van der Waals surface area contributed by atoms with Crippen molar-refractivity contribution in [3.8, 4) is 39.8 Å². The smallest absolute Gasteiger partial charge is 0.407 e. The number of hydrogen-bond acceptors (Lipinski definition) is 13. The Morgan fingerprint density at radius 2 is 1.21 bits per heavy atom. The highest BCUT2D eigenvalue weighted by Gasteiger charge is 2.36. The molecule has 81 heavy (non-hydrogen) atoms. The fourth-order valence-corrected chi connectivity index (χ4v) is 8.53. The van der Waals surface area contributed by atoms with E-state index in [1.807, 2.05) is 12.1 Å². The molecule has 7 amide bonds. The summed E-state index contributed by atoms with van der Waals surface area (Å²) in [5.41, 5.74) is 2.52. The molecule has 20 nitrogen and oxygen atoms in total. The van der Waals surface area contributed by atoms with Gasteiger partial charge in [-0.15, -0.1) is 0 Å². The molecule has 4 bridgehead atoms. The second-order valence-electron chi connectivity index (χ2n) is 22.8. The number of unbranched alkanes of at least 4 members (excludes halogenated alkanes) is 1. The molecule has 4 aromatic rings. The van der Waals surface area contributed by atoms with Gasteiger partial charge in [-0.3, -0.25) is 19.2 Å². The highest BCUT2D eigenvalue weighted by Crippen LogP contribution is 2.40. The number of likely N-dealkylation sites (N-methyl/N-ethyl adjacent to an activating group) is 1. The van der Waals surface area contributed by atoms with Crippen LogP contribution in [0.4, 0.5) is 14.4 Å². The molecule has 20 heteroatoms. The van der Waals surface area contributed by atoms with Gasteiger partial charge >= 0.3 is 18.3 Å². The van der Waals surface area contributed by atoms with E-state index in [-0.39, 0.29) is 56.0 Å². The van der Waals surface area contributed by atoms with Crippen molar-refractivity contribution < 1.29 is 57.2 Å². The van der Waals surface area contributed by atoms with Gasteiger partial charge in [0, 0.05) is 29.8 Å². The van der Waals surface area contributed by atoms with Gasteiger partial charge in [0.15, 0.2) is 0 Å². The van der Waals surface area contributed by atoms with Crippen LogP contribution in [0, 0.1) is 11.3 Å². The molecule has 0 spiro atoms. The van der Waals surface area contributed by atoms with Crippen LogP contribution < -0.4 is 41.4 Å². The molecular formula is C61H80N8O12. The number of rotatable bonds is 19. The van der Waals surface area contributed by atoms with Crippen molar-refractivity contribution in [2.75, 3.05) is 39.9 Å². The number of aryl methyl sites for hydroxylation is 1. The van der Waals surface area contributed by atoms with E-state index in [1.54, 1.807) is 123 Å². The Hall–Kier alpha value is -8.34. The molecule has 1 aliphatic rings. The van der Waals surface area contributed by atoms with Crippen molar-refractivity contribution in [3.05, 3.63) is 107 Å². The number of nitriles is 1. The van der Waals surface area contributed by atoms with Crippen molar-refractivity contribution in [2.45, 2.75) is 149 Å². The van der Waals surface area contributed by atoms with Gasteiger partial charge < -0.3 is 60.5 Å². The summed E-state index contributed by atoms with van der Waals surface area (Å²) >= 11 is 0. The zero-order valence-corrected chi connectivity index (χ0v) is 48.8. The molecule has 0 unspecified atom stereocenters. The molecule has 1 aliphatic heterocycles. The zero-order chi connectivity index (χ0) is 59.7. The first-order chi connectivity index (χ1) is 38.1. The SMILES string of the molecule is CCCCc1ccc(-c2ccc(C(=O)N[C@@H](CNC(=O)OC(C)(C)C)C(=O)N(C)[C@@H]3C(=O)N[C@@H](C)C(=O)N[C@H](CC#N)Cc4ccc(OCCNC(=O)OC(C)(C)C)c(c4)-c4cc3ccc4OCCNC(=O)OC(C)(C)C)cc2)cc1. The van der Waals surface area contributed by atoms with Crippen LogP contribution in [-0.4, -0.2) is 122 Å². The number of carbonyl (C=O) groups excluding carboxylic acids is 7. The standard InChI is InChI=1S/C61H80N8O12/c1-13-14-15-39-16-19-41(20-17-39)42-21-23-43(24-22-42)53(71)68-48(37-65-58(76)81-61(9,10)11)55(73)69(12)51-44-25-27-50(78-33-31-64-57(75)80-60(6,7)8)47(36-44)46-35-40(34-45(28-29-62)67-52(70)38(2)66-54(51)72)18-26-49(46)77-32-30-63-56(74)79-59(3,4)5/h16-27,35-36,38,45,48,51H,13-15,28,30-34,37H2,1-12H3,(H,63,74)(H,64,75)(H,65,76)(H,66,72)(H,67,70)(H,68,71)/t38-,45+,48-,51-/m0/s1. The normalized spacial score (nSPS) is 15.9. The van der Waals surface area contributed by atoms with Crippen LogP contribution in [0.25, 0.3) is 22.3 Å². The first-order valence-electron chi connectivity index (χ1n) is 27.3. The fourth-order valence-electron chi connectivity index (χ4n) is 8.53. The van der Waals surface area contributed by atoms with Crippen molar-refractivity contribution in [1.82, 2.24) is 36.8 Å². The van der Waals surface area contributed by atoms with Crippen LogP contribution in [0.1, 0.15) is 129 Å². The number of nitrogens with zero attached hydrogens (tertiary/aromatic N) is 2. The average Bonchev–Trinajstić information content (AvgIpc) is 3.38. The summed E-state index contributed by atoms with van der Waals surface area (Å²) in [5, 5.41) is 26.3. The lowest BCUT2D eigenvalue weighted by atomic mass is 9.93. The summed E-state index contributed by atoms with van der Waals surface area (Å²) in [6.45, 7) is 18.6. The Labute approximate surface area is 475 Å². The van der Waals surface area contributed by atoms with Crippen molar-refractivity contribution in [1.29, 1.82) is 5.26 Å². The molecule has 0 fully saturated rings. The van der Waals surface area contributed by atoms with E-state index >= 15 is 4.79 Å². The number of fused-ring (bicyclic) bond motifs is 5. The predicted molar refractivity (Wildman–Crippen MR) is 306 cm³/mol. The van der Waals surface area contributed by atoms with Gasteiger partial charge in [-0.05, 0) is 153 Å². The largest absolute Gasteiger partial charge is 0.491 e. The third-order valence-electron chi connectivity index (χ3n) is 12.3. The second kappa shape index (κ2) is 28.7. The van der Waals surface area contributed by atoms with Gasteiger partial charge in [0.25, 0.3) is 5.91 Å². The maximum absolute atomic E-state index is 15.2. The molecule has 0 aliphatic carbocycles. The number of amides is 7. The molecule has 0 saturated carbocycles. The van der Waals surface area contributed by atoms with E-state index in [0.29, 0.717) is 22.4 Å². The van der Waals surface area contributed by atoms with Crippen LogP contribution in [0.3, 0.4) is 0 Å². The minimum absolute atomic E-state index is 0.0209. The van der Waals surface area contributed by atoms with E-state index in [2.05, 4.69) is 57.0 Å². The molecule has 0 aromatic heterocycles. The first kappa shape index (κ1) is 63.5. The number of ether oxygens (including phenoxy) is 5. The molecule has 4 aromatic carbocycles. The van der Waals surface area contributed by atoms with Crippen molar-refractivity contribution in [3.63, 3.8) is 0 Å². The molecule has 436 valence electrons. The third kappa shape index (κ3) is 20.4. The predicted octanol–water partition coefficient (Wildman–Crippen LogP) is 8.45. The van der Waals surface area contributed by atoms with E-state index in [4.69, 9.17) is 23.7 Å².